The minimum absolute atomic E-state index is 0.00151. The van der Waals surface area contributed by atoms with Crippen LogP contribution in [0.1, 0.15) is 49.3 Å². The molecule has 1 aliphatic carbocycles. The topological polar surface area (TPSA) is 113 Å². The molecule has 0 saturated heterocycles. The van der Waals surface area contributed by atoms with Crippen molar-refractivity contribution in [2.24, 2.45) is 11.1 Å². The van der Waals surface area contributed by atoms with Gasteiger partial charge in [-0.05, 0) is 42.5 Å². The largest absolute Gasteiger partial charge is 0.384 e. The average molecular weight is 483 g/mol. The van der Waals surface area contributed by atoms with E-state index in [0.29, 0.717) is 29.8 Å². The van der Waals surface area contributed by atoms with Crippen molar-refractivity contribution >= 4 is 40.1 Å². The Morgan fingerprint density at radius 3 is 2.67 bits per heavy atom. The first-order valence-corrected chi connectivity index (χ1v) is 11.8. The van der Waals surface area contributed by atoms with Crippen molar-refractivity contribution in [1.82, 2.24) is 0 Å². The van der Waals surface area contributed by atoms with Crippen LogP contribution in [0.5, 0.6) is 0 Å². The van der Waals surface area contributed by atoms with Gasteiger partial charge < -0.3 is 5.73 Å². The van der Waals surface area contributed by atoms with Crippen molar-refractivity contribution in [2.75, 3.05) is 4.90 Å². The third-order valence-electron chi connectivity index (χ3n) is 6.08. The Morgan fingerprint density at radius 1 is 1.33 bits per heavy atom. The Hall–Kier alpha value is -3.15. The van der Waals surface area contributed by atoms with Crippen LogP contribution in [0, 0.1) is 26.9 Å². The fourth-order valence-corrected chi connectivity index (χ4v) is 5.87. The van der Waals surface area contributed by atoms with Gasteiger partial charge in [-0.25, -0.2) is 0 Å². The molecule has 1 aromatic heterocycles. The molecular formula is C24H23ClN4O3S. The van der Waals surface area contributed by atoms with Gasteiger partial charge in [0.25, 0.3) is 5.69 Å². The number of carbonyl (C=O) groups excluding carboxylic acids is 1. The summed E-state index contributed by atoms with van der Waals surface area (Å²) in [6.07, 6.45) is 1.74. The van der Waals surface area contributed by atoms with Crippen molar-refractivity contribution < 1.29 is 9.72 Å². The Labute approximate surface area is 200 Å². The number of nitro groups is 1. The number of allylic oxidation sites excluding steroid dienone is 3. The van der Waals surface area contributed by atoms with Crippen molar-refractivity contribution in [3.05, 3.63) is 77.9 Å². The van der Waals surface area contributed by atoms with Gasteiger partial charge in [-0.3, -0.25) is 19.8 Å². The van der Waals surface area contributed by atoms with Gasteiger partial charge in [0.05, 0.1) is 28.2 Å². The Morgan fingerprint density at radius 2 is 2.06 bits per heavy atom. The molecule has 7 nitrogen and oxygen atoms in total. The molecule has 1 aliphatic heterocycles. The fraction of sp³-hybridized carbons (Fsp3) is 0.333. The summed E-state index contributed by atoms with van der Waals surface area (Å²) >= 11 is 7.60. The predicted molar refractivity (Wildman–Crippen MR) is 129 cm³/mol. The summed E-state index contributed by atoms with van der Waals surface area (Å²) < 4.78 is 0. The number of halogens is 1. The molecule has 0 radical (unpaired) electrons. The number of benzene rings is 1. The Kier molecular flexibility index (Phi) is 5.81. The normalized spacial score (nSPS) is 20.0. The van der Waals surface area contributed by atoms with E-state index < -0.39 is 10.8 Å². The van der Waals surface area contributed by atoms with E-state index in [1.807, 2.05) is 26.0 Å². The van der Waals surface area contributed by atoms with Crippen molar-refractivity contribution in [1.29, 1.82) is 5.26 Å². The number of ketones is 1. The number of hydrogen-bond donors (Lipinski definition) is 1. The van der Waals surface area contributed by atoms with E-state index in [1.165, 1.54) is 12.1 Å². The van der Waals surface area contributed by atoms with Crippen LogP contribution in [0.3, 0.4) is 0 Å². The van der Waals surface area contributed by atoms with Gasteiger partial charge in [-0.1, -0.05) is 32.4 Å². The lowest BCUT2D eigenvalue weighted by Crippen LogP contribution is -2.42. The van der Waals surface area contributed by atoms with Gasteiger partial charge in [0.1, 0.15) is 10.8 Å². The maximum Gasteiger partial charge on any atom is 0.289 e. The number of nitrogens with zero attached hydrogens (tertiary/aromatic N) is 3. The summed E-state index contributed by atoms with van der Waals surface area (Å²) in [7, 11) is 0. The first kappa shape index (κ1) is 23.0. The molecule has 0 amide bonds. The Balaban J connectivity index is 1.99. The molecule has 2 N–H and O–H groups in total. The summed E-state index contributed by atoms with van der Waals surface area (Å²) in [5.41, 5.74) is 7.87. The van der Waals surface area contributed by atoms with Crippen LogP contribution in [0.2, 0.25) is 5.02 Å². The van der Waals surface area contributed by atoms with Gasteiger partial charge in [-0.15, -0.1) is 11.3 Å². The zero-order chi connectivity index (χ0) is 24.1. The molecule has 0 fully saturated rings. The molecule has 2 aromatic rings. The minimum Gasteiger partial charge on any atom is -0.384 e. The molecule has 1 aromatic carbocycles. The number of anilines is 1. The van der Waals surface area contributed by atoms with Gasteiger partial charge in [0, 0.05) is 33.5 Å². The number of carbonyl (C=O) groups is 1. The van der Waals surface area contributed by atoms with Crippen molar-refractivity contribution in [3.63, 3.8) is 0 Å². The second-order valence-corrected chi connectivity index (χ2v) is 10.6. The number of rotatable bonds is 4. The summed E-state index contributed by atoms with van der Waals surface area (Å²) in [5, 5.41) is 21.6. The summed E-state index contributed by atoms with van der Waals surface area (Å²) in [4.78, 5) is 28.1. The van der Waals surface area contributed by atoms with Gasteiger partial charge in [0.2, 0.25) is 0 Å². The average Bonchev–Trinajstić information content (AvgIpc) is 3.21. The third-order valence-corrected chi connectivity index (χ3v) is 7.70. The highest BCUT2D eigenvalue weighted by Crippen LogP contribution is 2.51. The molecule has 0 bridgehead atoms. The van der Waals surface area contributed by atoms with Crippen molar-refractivity contribution in [2.45, 2.75) is 46.0 Å². The van der Waals surface area contributed by atoms with Gasteiger partial charge in [-0.2, -0.15) is 5.26 Å². The zero-order valence-electron chi connectivity index (χ0n) is 18.5. The maximum absolute atomic E-state index is 13.5. The van der Waals surface area contributed by atoms with E-state index in [4.69, 9.17) is 17.3 Å². The number of Topliss-reactive ketones (excluding diaryl/α,β-unsaturated/α-hetero) is 1. The Bertz CT molecular complexity index is 1280. The second-order valence-electron chi connectivity index (χ2n) is 9.03. The van der Waals surface area contributed by atoms with E-state index in [2.05, 4.69) is 13.0 Å². The first-order chi connectivity index (χ1) is 15.6. The highest BCUT2D eigenvalue weighted by Gasteiger charge is 2.45. The lowest BCUT2D eigenvalue weighted by Gasteiger charge is -2.43. The lowest BCUT2D eigenvalue weighted by molar-refractivity contribution is -0.384. The number of nitriles is 1. The van der Waals surface area contributed by atoms with Crippen molar-refractivity contribution in [3.8, 4) is 6.07 Å². The molecule has 0 saturated carbocycles. The highest BCUT2D eigenvalue weighted by molar-refractivity contribution is 7.12. The van der Waals surface area contributed by atoms with Crippen LogP contribution in [0.25, 0.3) is 0 Å². The quantitative estimate of drug-likeness (QED) is 0.434. The zero-order valence-corrected chi connectivity index (χ0v) is 20.1. The number of thiophene rings is 1. The molecule has 9 heteroatoms. The van der Waals surface area contributed by atoms with E-state index >= 15 is 0 Å². The molecule has 170 valence electrons. The van der Waals surface area contributed by atoms with Crippen LogP contribution in [0.4, 0.5) is 11.4 Å². The van der Waals surface area contributed by atoms with E-state index in [-0.39, 0.29) is 33.3 Å². The molecule has 2 aliphatic rings. The molecule has 33 heavy (non-hydrogen) atoms. The number of nitrogens with two attached hydrogens (primary N) is 1. The van der Waals surface area contributed by atoms with Crippen LogP contribution in [0.15, 0.2) is 53.0 Å². The highest BCUT2D eigenvalue weighted by atomic mass is 35.5. The SMILES string of the molecule is CCc1ccc([C@H]2C(C#N)=C(N)N(c3ccc(Cl)c([N+](=O)[O-])c3)C3=C2C(=O)CC(C)(C)C3)s1. The summed E-state index contributed by atoms with van der Waals surface area (Å²) in [5.74, 6) is -0.404. The first-order valence-electron chi connectivity index (χ1n) is 10.6. The van der Waals surface area contributed by atoms with Crippen LogP contribution in [-0.2, 0) is 11.2 Å². The number of aryl methyl sites for hydroxylation is 1. The van der Waals surface area contributed by atoms with E-state index in [9.17, 15) is 20.2 Å². The lowest BCUT2D eigenvalue weighted by atomic mass is 9.69. The fourth-order valence-electron chi connectivity index (χ4n) is 4.61. The van der Waals surface area contributed by atoms with Crippen LogP contribution < -0.4 is 10.6 Å². The second kappa shape index (κ2) is 8.32. The van der Waals surface area contributed by atoms with Gasteiger partial charge >= 0.3 is 0 Å². The van der Waals surface area contributed by atoms with Crippen LogP contribution >= 0.6 is 22.9 Å². The predicted octanol–water partition coefficient (Wildman–Crippen LogP) is 5.81. The van der Waals surface area contributed by atoms with Crippen LogP contribution in [-0.4, -0.2) is 10.7 Å². The summed E-state index contributed by atoms with van der Waals surface area (Å²) in [6.45, 7) is 6.07. The third kappa shape index (κ3) is 3.92. The minimum atomic E-state index is -0.563. The molecule has 4 rings (SSSR count). The molecule has 1 atom stereocenters. The molecule has 2 heterocycles. The molecular weight excluding hydrogens is 460 g/mol. The smallest absolute Gasteiger partial charge is 0.289 e. The monoisotopic (exact) mass is 482 g/mol. The molecule has 0 unspecified atom stereocenters. The van der Waals surface area contributed by atoms with Gasteiger partial charge in [0.15, 0.2) is 5.78 Å². The number of hydrogen-bond acceptors (Lipinski definition) is 7. The summed E-state index contributed by atoms with van der Waals surface area (Å²) in [6, 6.07) is 10.6. The van der Waals surface area contributed by atoms with E-state index in [0.717, 1.165) is 16.2 Å². The number of nitro benzene ring substituents is 1. The van der Waals surface area contributed by atoms with E-state index in [1.54, 1.807) is 22.3 Å². The maximum atomic E-state index is 13.5. The standard InChI is InChI=1S/C24H23ClN4O3S/c1-4-14-6-8-20(33-14)21-15(12-26)23(27)28(13-5-7-16(25)17(9-13)29(31)32)18-10-24(2,3)11-19(30)22(18)21/h5-9,21H,4,10-11,27H2,1-3H3/t21-/m1/s1. The molecule has 0 spiro atoms.